The van der Waals surface area contributed by atoms with E-state index in [2.05, 4.69) is 46.4 Å². The van der Waals surface area contributed by atoms with Crippen molar-refractivity contribution in [2.24, 2.45) is 0 Å². The van der Waals surface area contributed by atoms with E-state index >= 15 is 0 Å². The van der Waals surface area contributed by atoms with Crippen LogP contribution in [0.1, 0.15) is 12.8 Å². The number of hydrogen-bond acceptors (Lipinski definition) is 5. The Bertz CT molecular complexity index is 943. The molecule has 0 unspecified atom stereocenters. The molecule has 8 heteroatoms. The summed E-state index contributed by atoms with van der Waals surface area (Å²) < 4.78 is 0.983. The van der Waals surface area contributed by atoms with Crippen LogP contribution in [0.5, 0.6) is 0 Å². The van der Waals surface area contributed by atoms with E-state index in [1.807, 2.05) is 36.5 Å². The fourth-order valence-electron chi connectivity index (χ4n) is 3.46. The third kappa shape index (κ3) is 4.21. The SMILES string of the molecule is O=C(CNc1cccc(Br)c1)N[C@H]1CCCN(c2ncnc3[nH]ccc23)C1. The normalized spacial score (nSPS) is 17.1. The zero-order valence-corrected chi connectivity index (χ0v) is 16.4. The first kappa shape index (κ1) is 17.8. The minimum atomic E-state index is -0.00342. The molecule has 3 aromatic rings. The summed E-state index contributed by atoms with van der Waals surface area (Å²) in [5.41, 5.74) is 1.75. The number of halogens is 1. The van der Waals surface area contributed by atoms with Crippen LogP contribution >= 0.6 is 15.9 Å². The number of amides is 1. The summed E-state index contributed by atoms with van der Waals surface area (Å²) in [4.78, 5) is 26.4. The van der Waals surface area contributed by atoms with Gasteiger partial charge in [0, 0.05) is 35.5 Å². The highest BCUT2D eigenvalue weighted by Gasteiger charge is 2.23. The lowest BCUT2D eigenvalue weighted by Crippen LogP contribution is -2.49. The fourth-order valence-corrected chi connectivity index (χ4v) is 3.86. The number of hydrogen-bond donors (Lipinski definition) is 3. The molecule has 1 aliphatic heterocycles. The van der Waals surface area contributed by atoms with E-state index in [9.17, 15) is 4.79 Å². The molecular weight excluding hydrogens is 408 g/mol. The molecule has 140 valence electrons. The Morgan fingerprint density at radius 2 is 2.26 bits per heavy atom. The topological polar surface area (TPSA) is 85.9 Å². The average molecular weight is 429 g/mol. The molecule has 0 radical (unpaired) electrons. The molecule has 1 saturated heterocycles. The summed E-state index contributed by atoms with van der Waals surface area (Å²) >= 11 is 3.43. The second kappa shape index (κ2) is 7.96. The fraction of sp³-hybridized carbons (Fsp3) is 0.316. The summed E-state index contributed by atoms with van der Waals surface area (Å²) in [5, 5.41) is 7.31. The van der Waals surface area contributed by atoms with Crippen molar-refractivity contribution in [3.63, 3.8) is 0 Å². The van der Waals surface area contributed by atoms with Gasteiger partial charge in [0.05, 0.1) is 11.9 Å². The molecule has 1 aliphatic rings. The number of nitrogens with one attached hydrogen (secondary N) is 3. The molecule has 1 fully saturated rings. The highest BCUT2D eigenvalue weighted by molar-refractivity contribution is 9.10. The predicted octanol–water partition coefficient (Wildman–Crippen LogP) is 2.92. The molecule has 1 atom stereocenters. The maximum Gasteiger partial charge on any atom is 0.239 e. The number of anilines is 2. The maximum absolute atomic E-state index is 12.3. The number of piperidine rings is 1. The van der Waals surface area contributed by atoms with Gasteiger partial charge in [-0.15, -0.1) is 0 Å². The molecule has 4 rings (SSSR count). The third-order valence-corrected chi connectivity index (χ3v) is 5.19. The molecule has 7 nitrogen and oxygen atoms in total. The van der Waals surface area contributed by atoms with Gasteiger partial charge in [0.15, 0.2) is 0 Å². The standard InChI is InChI=1S/C19H21BrN6O/c20-13-3-1-4-14(9-13)22-10-17(27)25-15-5-2-8-26(11-15)19-16-6-7-21-18(16)23-12-24-19/h1,3-4,6-7,9,12,15,22H,2,5,8,10-11H2,(H,25,27)(H,21,23,24)/t15-/m0/s1. The van der Waals surface area contributed by atoms with Gasteiger partial charge in [-0.2, -0.15) is 0 Å². The molecule has 0 bridgehead atoms. The number of H-pyrrole nitrogens is 1. The van der Waals surface area contributed by atoms with Gasteiger partial charge < -0.3 is 20.5 Å². The Morgan fingerprint density at radius 3 is 3.15 bits per heavy atom. The summed E-state index contributed by atoms with van der Waals surface area (Å²) in [6.07, 6.45) is 5.44. The number of benzene rings is 1. The quantitative estimate of drug-likeness (QED) is 0.581. The van der Waals surface area contributed by atoms with E-state index in [4.69, 9.17) is 0 Å². The van der Waals surface area contributed by atoms with Crippen LogP contribution in [0.15, 0.2) is 47.3 Å². The number of carbonyl (C=O) groups excluding carboxylic acids is 1. The Kier molecular flexibility index (Phi) is 5.24. The van der Waals surface area contributed by atoms with Crippen LogP contribution in [0.4, 0.5) is 11.5 Å². The zero-order chi connectivity index (χ0) is 18.6. The first-order chi connectivity index (χ1) is 13.2. The van der Waals surface area contributed by atoms with Crippen molar-refractivity contribution in [2.45, 2.75) is 18.9 Å². The van der Waals surface area contributed by atoms with Crippen molar-refractivity contribution in [3.8, 4) is 0 Å². The number of aromatic amines is 1. The highest BCUT2D eigenvalue weighted by Crippen LogP contribution is 2.25. The van der Waals surface area contributed by atoms with Gasteiger partial charge in [-0.1, -0.05) is 22.0 Å². The lowest BCUT2D eigenvalue weighted by Gasteiger charge is -2.34. The monoisotopic (exact) mass is 428 g/mol. The van der Waals surface area contributed by atoms with Crippen LogP contribution in [-0.4, -0.2) is 46.5 Å². The lowest BCUT2D eigenvalue weighted by molar-refractivity contribution is -0.120. The minimum Gasteiger partial charge on any atom is -0.376 e. The molecular formula is C19H21BrN6O. The van der Waals surface area contributed by atoms with Crippen LogP contribution in [0.2, 0.25) is 0 Å². The van der Waals surface area contributed by atoms with Crippen molar-refractivity contribution >= 4 is 44.4 Å². The Labute approximate surface area is 165 Å². The van der Waals surface area contributed by atoms with Gasteiger partial charge in [0.25, 0.3) is 0 Å². The number of carbonyl (C=O) groups is 1. The third-order valence-electron chi connectivity index (χ3n) is 4.70. The second-order valence-corrected chi connectivity index (χ2v) is 7.57. The van der Waals surface area contributed by atoms with Gasteiger partial charge in [-0.25, -0.2) is 9.97 Å². The predicted molar refractivity (Wildman–Crippen MR) is 110 cm³/mol. The van der Waals surface area contributed by atoms with Gasteiger partial charge in [0.2, 0.25) is 5.91 Å². The molecule has 1 aromatic carbocycles. The lowest BCUT2D eigenvalue weighted by atomic mass is 10.1. The van der Waals surface area contributed by atoms with E-state index < -0.39 is 0 Å². The van der Waals surface area contributed by atoms with Gasteiger partial charge in [-0.3, -0.25) is 4.79 Å². The molecule has 27 heavy (non-hydrogen) atoms. The van der Waals surface area contributed by atoms with Crippen LogP contribution in [0, 0.1) is 0 Å². The zero-order valence-electron chi connectivity index (χ0n) is 14.8. The van der Waals surface area contributed by atoms with E-state index in [1.54, 1.807) is 6.33 Å². The number of rotatable bonds is 5. The first-order valence-corrected chi connectivity index (χ1v) is 9.80. The van der Waals surface area contributed by atoms with E-state index in [0.29, 0.717) is 0 Å². The van der Waals surface area contributed by atoms with Crippen molar-refractivity contribution < 1.29 is 4.79 Å². The molecule has 0 saturated carbocycles. The van der Waals surface area contributed by atoms with Crippen molar-refractivity contribution in [1.29, 1.82) is 0 Å². The Hall–Kier alpha value is -2.61. The molecule has 1 amide bonds. The van der Waals surface area contributed by atoms with Crippen LogP contribution < -0.4 is 15.5 Å². The number of nitrogens with zero attached hydrogens (tertiary/aromatic N) is 3. The van der Waals surface area contributed by atoms with Crippen LogP contribution in [-0.2, 0) is 4.79 Å². The van der Waals surface area contributed by atoms with Gasteiger partial charge >= 0.3 is 0 Å². The molecule has 0 aliphatic carbocycles. The molecule has 3 heterocycles. The second-order valence-electron chi connectivity index (χ2n) is 6.65. The van der Waals surface area contributed by atoms with Crippen LogP contribution in [0.25, 0.3) is 11.0 Å². The Morgan fingerprint density at radius 1 is 1.33 bits per heavy atom. The molecule has 0 spiro atoms. The summed E-state index contributed by atoms with van der Waals surface area (Å²) in [7, 11) is 0. The average Bonchev–Trinajstić information content (AvgIpc) is 3.15. The van der Waals surface area contributed by atoms with Crippen LogP contribution in [0.3, 0.4) is 0 Å². The summed E-state index contributed by atoms with van der Waals surface area (Å²) in [6.45, 7) is 1.93. The first-order valence-electron chi connectivity index (χ1n) is 9.01. The molecule has 3 N–H and O–H groups in total. The van der Waals surface area contributed by atoms with Crippen molar-refractivity contribution in [1.82, 2.24) is 20.3 Å². The maximum atomic E-state index is 12.3. The highest BCUT2D eigenvalue weighted by atomic mass is 79.9. The number of fused-ring (bicyclic) bond motifs is 1. The van der Waals surface area contributed by atoms with Crippen molar-refractivity contribution in [2.75, 3.05) is 29.9 Å². The van der Waals surface area contributed by atoms with Gasteiger partial charge in [0.1, 0.15) is 17.8 Å². The van der Waals surface area contributed by atoms with E-state index in [1.165, 1.54) is 0 Å². The number of aromatic nitrogens is 3. The summed E-state index contributed by atoms with van der Waals surface area (Å²) in [5.74, 6) is 0.920. The smallest absolute Gasteiger partial charge is 0.239 e. The van der Waals surface area contributed by atoms with Gasteiger partial charge in [-0.05, 0) is 37.1 Å². The van der Waals surface area contributed by atoms with Crippen molar-refractivity contribution in [3.05, 3.63) is 47.3 Å². The van der Waals surface area contributed by atoms with E-state index in [0.717, 1.165) is 52.9 Å². The van der Waals surface area contributed by atoms with E-state index in [-0.39, 0.29) is 18.5 Å². The minimum absolute atomic E-state index is 0.00342. The summed E-state index contributed by atoms with van der Waals surface area (Å²) in [6, 6.07) is 9.89. The molecule has 2 aromatic heterocycles. The largest absolute Gasteiger partial charge is 0.376 e. The Balaban J connectivity index is 1.35.